The standard InChI is InChI=1S/C14H20BrFN2.ClH/c1-11-2-3-12(15)10-13(11)14(4-5-16)18-8-6-17-7-9-18;/h2-3,10,14,17H,4-9H2,1H3;1H/t14-;/m1./s1. The maximum atomic E-state index is 12.9. The van der Waals surface area contributed by atoms with Crippen molar-refractivity contribution in [1.29, 1.82) is 0 Å². The summed E-state index contributed by atoms with van der Waals surface area (Å²) in [6, 6.07) is 6.49. The molecule has 0 bridgehead atoms. The van der Waals surface area contributed by atoms with Crippen molar-refractivity contribution in [2.75, 3.05) is 32.9 Å². The van der Waals surface area contributed by atoms with Gasteiger partial charge in [-0.25, -0.2) is 0 Å². The number of rotatable bonds is 4. The number of hydrogen-bond donors (Lipinski definition) is 1. The fourth-order valence-corrected chi connectivity index (χ4v) is 2.98. The van der Waals surface area contributed by atoms with Crippen molar-refractivity contribution < 1.29 is 4.39 Å². The lowest BCUT2D eigenvalue weighted by atomic mass is 9.97. The van der Waals surface area contributed by atoms with Gasteiger partial charge in [0.25, 0.3) is 0 Å². The maximum Gasteiger partial charge on any atom is 0.0912 e. The van der Waals surface area contributed by atoms with Gasteiger partial charge < -0.3 is 5.32 Å². The fourth-order valence-electron chi connectivity index (χ4n) is 2.60. The molecule has 108 valence electrons. The Morgan fingerprint density at radius 3 is 2.68 bits per heavy atom. The van der Waals surface area contributed by atoms with Crippen LogP contribution in [0.3, 0.4) is 0 Å². The van der Waals surface area contributed by atoms with E-state index in [2.05, 4.69) is 45.2 Å². The molecule has 0 unspecified atom stereocenters. The highest BCUT2D eigenvalue weighted by Gasteiger charge is 2.23. The zero-order valence-corrected chi connectivity index (χ0v) is 13.6. The normalized spacial score (nSPS) is 17.8. The molecule has 5 heteroatoms. The Morgan fingerprint density at radius 2 is 2.05 bits per heavy atom. The first kappa shape index (κ1) is 16.9. The molecule has 1 fully saturated rings. The molecule has 0 amide bonds. The van der Waals surface area contributed by atoms with E-state index in [-0.39, 0.29) is 25.1 Å². The highest BCUT2D eigenvalue weighted by atomic mass is 79.9. The van der Waals surface area contributed by atoms with Crippen LogP contribution in [0.15, 0.2) is 22.7 Å². The van der Waals surface area contributed by atoms with E-state index >= 15 is 0 Å². The van der Waals surface area contributed by atoms with Gasteiger partial charge in [0, 0.05) is 36.7 Å². The molecule has 1 aromatic rings. The van der Waals surface area contributed by atoms with Crippen molar-refractivity contribution in [3.05, 3.63) is 33.8 Å². The predicted octanol–water partition coefficient (Wildman–Crippen LogP) is 3.49. The van der Waals surface area contributed by atoms with Crippen LogP contribution in [0, 0.1) is 6.92 Å². The summed E-state index contributed by atoms with van der Waals surface area (Å²) in [6.45, 7) is 5.83. The van der Waals surface area contributed by atoms with Crippen molar-refractivity contribution in [3.63, 3.8) is 0 Å². The summed E-state index contributed by atoms with van der Waals surface area (Å²) in [6.07, 6.45) is 0.581. The lowest BCUT2D eigenvalue weighted by Gasteiger charge is -2.35. The number of hydrogen-bond acceptors (Lipinski definition) is 2. The van der Waals surface area contributed by atoms with Crippen molar-refractivity contribution in [1.82, 2.24) is 10.2 Å². The molecule has 1 aliphatic heterocycles. The first-order valence-corrected chi connectivity index (χ1v) is 7.28. The highest BCUT2D eigenvalue weighted by molar-refractivity contribution is 9.10. The van der Waals surface area contributed by atoms with Gasteiger partial charge in [0.2, 0.25) is 0 Å². The van der Waals surface area contributed by atoms with Gasteiger partial charge in [0.05, 0.1) is 6.67 Å². The number of nitrogens with zero attached hydrogens (tertiary/aromatic N) is 1. The average molecular weight is 352 g/mol. The van der Waals surface area contributed by atoms with Crippen molar-refractivity contribution in [2.45, 2.75) is 19.4 Å². The van der Waals surface area contributed by atoms with Crippen LogP contribution < -0.4 is 5.32 Å². The Bertz CT molecular complexity index is 397. The molecule has 1 atom stereocenters. The molecule has 1 aromatic carbocycles. The van der Waals surface area contributed by atoms with E-state index in [9.17, 15) is 4.39 Å². The van der Waals surface area contributed by atoms with E-state index in [1.807, 2.05) is 6.07 Å². The van der Waals surface area contributed by atoms with Crippen LogP contribution >= 0.6 is 28.3 Å². The third-order valence-electron chi connectivity index (χ3n) is 3.58. The lowest BCUT2D eigenvalue weighted by Crippen LogP contribution is -2.45. The van der Waals surface area contributed by atoms with Gasteiger partial charge in [0.15, 0.2) is 0 Å². The molecule has 1 N–H and O–H groups in total. The third-order valence-corrected chi connectivity index (χ3v) is 4.07. The number of halogens is 3. The van der Waals surface area contributed by atoms with E-state index in [1.165, 1.54) is 11.1 Å². The fraction of sp³-hybridized carbons (Fsp3) is 0.571. The quantitative estimate of drug-likeness (QED) is 0.893. The van der Waals surface area contributed by atoms with Crippen molar-refractivity contribution >= 4 is 28.3 Å². The van der Waals surface area contributed by atoms with Crippen molar-refractivity contribution in [2.24, 2.45) is 0 Å². The molecular formula is C14H21BrClFN2. The van der Waals surface area contributed by atoms with E-state index in [4.69, 9.17) is 0 Å². The Morgan fingerprint density at radius 1 is 1.37 bits per heavy atom. The van der Waals surface area contributed by atoms with Gasteiger partial charge in [-0.3, -0.25) is 9.29 Å². The summed E-state index contributed by atoms with van der Waals surface area (Å²) >= 11 is 3.52. The van der Waals surface area contributed by atoms with Gasteiger partial charge in [-0.05, 0) is 36.6 Å². The molecule has 0 spiro atoms. The average Bonchev–Trinajstić information content (AvgIpc) is 2.40. The van der Waals surface area contributed by atoms with Crippen LogP contribution in [0.5, 0.6) is 0 Å². The lowest BCUT2D eigenvalue weighted by molar-refractivity contribution is 0.157. The Labute approximate surface area is 129 Å². The molecule has 2 nitrogen and oxygen atoms in total. The zero-order valence-electron chi connectivity index (χ0n) is 11.2. The second-order valence-electron chi connectivity index (χ2n) is 4.78. The second-order valence-corrected chi connectivity index (χ2v) is 5.70. The van der Waals surface area contributed by atoms with Gasteiger partial charge in [-0.2, -0.15) is 0 Å². The summed E-state index contributed by atoms with van der Waals surface area (Å²) in [5, 5.41) is 3.34. The van der Waals surface area contributed by atoms with E-state index in [0.29, 0.717) is 6.42 Å². The minimum absolute atomic E-state index is 0. The molecule has 1 aliphatic rings. The molecule has 0 aliphatic carbocycles. The molecular weight excluding hydrogens is 331 g/mol. The SMILES string of the molecule is Cc1ccc(Br)cc1[C@@H](CCF)N1CCNCC1.Cl. The first-order chi connectivity index (χ1) is 8.72. The molecule has 0 saturated carbocycles. The molecule has 1 heterocycles. The summed E-state index contributed by atoms with van der Waals surface area (Å²) in [4.78, 5) is 2.39. The van der Waals surface area contributed by atoms with Crippen LogP contribution in [0.2, 0.25) is 0 Å². The monoisotopic (exact) mass is 350 g/mol. The smallest absolute Gasteiger partial charge is 0.0912 e. The molecule has 2 rings (SSSR count). The summed E-state index contributed by atoms with van der Waals surface area (Å²) in [5.41, 5.74) is 2.50. The Balaban J connectivity index is 0.00000180. The van der Waals surface area contributed by atoms with Gasteiger partial charge in [-0.1, -0.05) is 22.0 Å². The molecule has 0 radical (unpaired) electrons. The van der Waals surface area contributed by atoms with Crippen LogP contribution in [0.1, 0.15) is 23.6 Å². The number of aryl methyl sites for hydroxylation is 1. The van der Waals surface area contributed by atoms with Gasteiger partial charge in [-0.15, -0.1) is 12.4 Å². The number of benzene rings is 1. The predicted molar refractivity (Wildman–Crippen MR) is 83.9 cm³/mol. The molecule has 19 heavy (non-hydrogen) atoms. The van der Waals surface area contributed by atoms with E-state index in [0.717, 1.165) is 30.7 Å². The topological polar surface area (TPSA) is 15.3 Å². The number of alkyl halides is 1. The van der Waals surface area contributed by atoms with Crippen LogP contribution in [-0.2, 0) is 0 Å². The minimum Gasteiger partial charge on any atom is -0.314 e. The zero-order chi connectivity index (χ0) is 13.0. The second kappa shape index (κ2) is 8.20. The van der Waals surface area contributed by atoms with Gasteiger partial charge in [0.1, 0.15) is 0 Å². The summed E-state index contributed by atoms with van der Waals surface area (Å²) in [7, 11) is 0. The van der Waals surface area contributed by atoms with E-state index < -0.39 is 0 Å². The van der Waals surface area contributed by atoms with E-state index in [1.54, 1.807) is 0 Å². The van der Waals surface area contributed by atoms with Crippen LogP contribution in [-0.4, -0.2) is 37.8 Å². The Hall–Kier alpha value is -0.160. The van der Waals surface area contributed by atoms with Crippen LogP contribution in [0.4, 0.5) is 4.39 Å². The number of piperazine rings is 1. The molecule has 1 saturated heterocycles. The minimum atomic E-state index is -0.263. The van der Waals surface area contributed by atoms with Gasteiger partial charge >= 0.3 is 0 Å². The largest absolute Gasteiger partial charge is 0.314 e. The van der Waals surface area contributed by atoms with Crippen LogP contribution in [0.25, 0.3) is 0 Å². The summed E-state index contributed by atoms with van der Waals surface area (Å²) < 4.78 is 13.9. The summed E-state index contributed by atoms with van der Waals surface area (Å²) in [5.74, 6) is 0. The third kappa shape index (κ3) is 4.42. The Kier molecular flexibility index (Phi) is 7.29. The first-order valence-electron chi connectivity index (χ1n) is 6.49. The number of nitrogens with one attached hydrogen (secondary N) is 1. The maximum absolute atomic E-state index is 12.9. The molecule has 0 aromatic heterocycles. The van der Waals surface area contributed by atoms with Crippen molar-refractivity contribution in [3.8, 4) is 0 Å². The highest BCUT2D eigenvalue weighted by Crippen LogP contribution is 2.29.